The molecule has 2 heterocycles. The molecule has 9 heteroatoms. The molecule has 0 radical (unpaired) electrons. The van der Waals surface area contributed by atoms with Crippen molar-refractivity contribution in [2.75, 3.05) is 43.4 Å². The molecule has 0 bridgehead atoms. The van der Waals surface area contributed by atoms with Crippen molar-refractivity contribution in [2.45, 2.75) is 6.42 Å². The third-order valence-electron chi connectivity index (χ3n) is 5.37. The Kier molecular flexibility index (Phi) is 6.43. The highest BCUT2D eigenvalue weighted by Gasteiger charge is 2.27. The standard InChI is InChI=1S/C22H25N5O3S/c28-21(20-9-3-7-18-6-1-2-8-19(18)20)23-12-5-17-31(29,30)27-15-13-26(14-16-27)22-24-10-4-11-25-22/h1-4,6-11H,5,12-17H2,(H,23,28). The van der Waals surface area contributed by atoms with Crippen LogP contribution in [0.5, 0.6) is 0 Å². The maximum Gasteiger partial charge on any atom is 0.251 e. The van der Waals surface area contributed by atoms with Crippen LogP contribution in [0.15, 0.2) is 60.9 Å². The van der Waals surface area contributed by atoms with E-state index in [1.54, 1.807) is 24.5 Å². The summed E-state index contributed by atoms with van der Waals surface area (Å²) >= 11 is 0. The summed E-state index contributed by atoms with van der Waals surface area (Å²) in [4.78, 5) is 23.0. The average Bonchev–Trinajstić information content (AvgIpc) is 2.82. The number of nitrogens with zero attached hydrogens (tertiary/aromatic N) is 4. The first-order valence-electron chi connectivity index (χ1n) is 10.3. The largest absolute Gasteiger partial charge is 0.352 e. The van der Waals surface area contributed by atoms with Gasteiger partial charge in [0.25, 0.3) is 5.91 Å². The minimum absolute atomic E-state index is 0.00462. The Bertz CT molecular complexity index is 1140. The zero-order valence-corrected chi connectivity index (χ0v) is 18.0. The first-order chi connectivity index (χ1) is 15.0. The Morgan fingerprint density at radius 3 is 2.42 bits per heavy atom. The summed E-state index contributed by atoms with van der Waals surface area (Å²) in [5.74, 6) is 0.436. The molecule has 1 aliphatic heterocycles. The number of fused-ring (bicyclic) bond motifs is 1. The molecule has 162 valence electrons. The molecule has 0 unspecified atom stereocenters. The van der Waals surface area contributed by atoms with E-state index < -0.39 is 10.0 Å². The summed E-state index contributed by atoms with van der Waals surface area (Å²) in [6, 6.07) is 15.0. The molecule has 8 nitrogen and oxygen atoms in total. The first-order valence-corrected chi connectivity index (χ1v) is 11.9. The van der Waals surface area contributed by atoms with Crippen LogP contribution in [0.1, 0.15) is 16.8 Å². The van der Waals surface area contributed by atoms with E-state index in [0.717, 1.165) is 10.8 Å². The summed E-state index contributed by atoms with van der Waals surface area (Å²) in [5.41, 5.74) is 0.597. The number of benzene rings is 2. The van der Waals surface area contributed by atoms with Crippen molar-refractivity contribution >= 4 is 32.7 Å². The molecule has 1 aliphatic rings. The third kappa shape index (κ3) is 5.00. The van der Waals surface area contributed by atoms with Gasteiger partial charge in [-0.05, 0) is 29.3 Å². The summed E-state index contributed by atoms with van der Waals surface area (Å²) in [6.07, 6.45) is 3.72. The predicted molar refractivity (Wildman–Crippen MR) is 121 cm³/mol. The van der Waals surface area contributed by atoms with Crippen molar-refractivity contribution in [1.82, 2.24) is 19.6 Å². The monoisotopic (exact) mass is 439 g/mol. The van der Waals surface area contributed by atoms with E-state index in [1.807, 2.05) is 41.3 Å². The minimum atomic E-state index is -3.37. The summed E-state index contributed by atoms with van der Waals surface area (Å²) in [5, 5.41) is 4.73. The number of rotatable bonds is 7. The van der Waals surface area contributed by atoms with Crippen LogP contribution in [0.2, 0.25) is 0 Å². The van der Waals surface area contributed by atoms with E-state index in [9.17, 15) is 13.2 Å². The Morgan fingerprint density at radius 1 is 0.935 bits per heavy atom. The van der Waals surface area contributed by atoms with Crippen molar-refractivity contribution in [1.29, 1.82) is 0 Å². The molecule has 31 heavy (non-hydrogen) atoms. The number of nitrogens with one attached hydrogen (secondary N) is 1. The van der Waals surface area contributed by atoms with Gasteiger partial charge in [-0.3, -0.25) is 4.79 Å². The molecule has 1 aromatic heterocycles. The molecule has 0 aliphatic carbocycles. The van der Waals surface area contributed by atoms with Crippen molar-refractivity contribution in [3.8, 4) is 0 Å². The van der Waals surface area contributed by atoms with Gasteiger partial charge in [0.15, 0.2) is 0 Å². The lowest BCUT2D eigenvalue weighted by molar-refractivity contribution is 0.0955. The van der Waals surface area contributed by atoms with Gasteiger partial charge >= 0.3 is 0 Å². The van der Waals surface area contributed by atoms with Gasteiger partial charge in [-0.15, -0.1) is 0 Å². The Balaban J connectivity index is 1.26. The highest BCUT2D eigenvalue weighted by atomic mass is 32.2. The van der Waals surface area contributed by atoms with Gasteiger partial charge in [0, 0.05) is 50.7 Å². The first kappa shape index (κ1) is 21.2. The average molecular weight is 440 g/mol. The zero-order valence-electron chi connectivity index (χ0n) is 17.1. The van der Waals surface area contributed by atoms with Gasteiger partial charge in [-0.25, -0.2) is 18.4 Å². The van der Waals surface area contributed by atoms with Crippen molar-refractivity contribution in [3.63, 3.8) is 0 Å². The lowest BCUT2D eigenvalue weighted by atomic mass is 10.0. The number of anilines is 1. The van der Waals surface area contributed by atoms with Crippen LogP contribution in [0.25, 0.3) is 10.8 Å². The maximum atomic E-state index is 12.7. The van der Waals surface area contributed by atoms with Crippen LogP contribution in [0.4, 0.5) is 5.95 Å². The predicted octanol–water partition coefficient (Wildman–Crippen LogP) is 1.90. The fourth-order valence-corrected chi connectivity index (χ4v) is 5.21. The molecule has 1 amide bonds. The fourth-order valence-electron chi connectivity index (χ4n) is 3.73. The smallest absolute Gasteiger partial charge is 0.251 e. The SMILES string of the molecule is O=C(NCCCS(=O)(=O)N1CCN(c2ncccn2)CC1)c1cccc2ccccc12. The van der Waals surface area contributed by atoms with Crippen molar-refractivity contribution < 1.29 is 13.2 Å². The highest BCUT2D eigenvalue weighted by Crippen LogP contribution is 2.18. The Hall–Kier alpha value is -3.04. The van der Waals surface area contributed by atoms with E-state index in [1.165, 1.54) is 4.31 Å². The molecule has 1 N–H and O–H groups in total. The van der Waals surface area contributed by atoms with Crippen LogP contribution in [0, 0.1) is 0 Å². The van der Waals surface area contributed by atoms with Gasteiger partial charge in [0.1, 0.15) is 0 Å². The topological polar surface area (TPSA) is 95.5 Å². The third-order valence-corrected chi connectivity index (χ3v) is 7.32. The van der Waals surface area contributed by atoms with Gasteiger partial charge in [0.2, 0.25) is 16.0 Å². The summed E-state index contributed by atoms with van der Waals surface area (Å²) in [7, 11) is -3.37. The maximum absolute atomic E-state index is 12.7. The van der Waals surface area contributed by atoms with Gasteiger partial charge in [0.05, 0.1) is 5.75 Å². The van der Waals surface area contributed by atoms with Crippen LogP contribution < -0.4 is 10.2 Å². The number of carbonyl (C=O) groups is 1. The zero-order chi connectivity index (χ0) is 21.7. The number of hydrogen-bond acceptors (Lipinski definition) is 6. The van der Waals surface area contributed by atoms with Gasteiger partial charge in [-0.1, -0.05) is 36.4 Å². The number of amides is 1. The molecule has 0 atom stereocenters. The highest BCUT2D eigenvalue weighted by molar-refractivity contribution is 7.89. The fraction of sp³-hybridized carbons (Fsp3) is 0.318. The van der Waals surface area contributed by atoms with E-state index in [0.29, 0.717) is 50.7 Å². The number of carbonyl (C=O) groups excluding carboxylic acids is 1. The van der Waals surface area contributed by atoms with Gasteiger partial charge in [-0.2, -0.15) is 4.31 Å². The summed E-state index contributed by atoms with van der Waals surface area (Å²) < 4.78 is 26.9. The second kappa shape index (κ2) is 9.40. The molecular formula is C22H25N5O3S. The van der Waals surface area contributed by atoms with Crippen LogP contribution in [-0.2, 0) is 10.0 Å². The lowest BCUT2D eigenvalue weighted by Crippen LogP contribution is -2.49. The molecule has 0 saturated carbocycles. The van der Waals surface area contributed by atoms with Crippen LogP contribution in [-0.4, -0.2) is 67.1 Å². The number of hydrogen-bond donors (Lipinski definition) is 1. The lowest BCUT2D eigenvalue weighted by Gasteiger charge is -2.33. The van der Waals surface area contributed by atoms with Crippen molar-refractivity contribution in [3.05, 3.63) is 66.5 Å². The number of aromatic nitrogens is 2. The van der Waals surface area contributed by atoms with E-state index in [2.05, 4.69) is 15.3 Å². The Morgan fingerprint density at radius 2 is 1.65 bits per heavy atom. The molecule has 1 saturated heterocycles. The molecule has 4 rings (SSSR count). The number of sulfonamides is 1. The van der Waals surface area contributed by atoms with Gasteiger partial charge < -0.3 is 10.2 Å². The van der Waals surface area contributed by atoms with Crippen molar-refractivity contribution in [2.24, 2.45) is 0 Å². The quantitative estimate of drug-likeness (QED) is 0.565. The molecule has 2 aromatic carbocycles. The summed E-state index contributed by atoms with van der Waals surface area (Å²) in [6.45, 7) is 2.23. The van der Waals surface area contributed by atoms with E-state index >= 15 is 0 Å². The molecular weight excluding hydrogens is 414 g/mol. The second-order valence-electron chi connectivity index (χ2n) is 7.39. The van der Waals surface area contributed by atoms with Crippen LogP contribution in [0.3, 0.4) is 0 Å². The van der Waals surface area contributed by atoms with Crippen LogP contribution >= 0.6 is 0 Å². The van der Waals surface area contributed by atoms with E-state index in [-0.39, 0.29) is 11.7 Å². The Labute approximate surface area is 182 Å². The van der Waals surface area contributed by atoms with E-state index in [4.69, 9.17) is 0 Å². The molecule has 3 aromatic rings. The number of piperazine rings is 1. The minimum Gasteiger partial charge on any atom is -0.352 e. The second-order valence-corrected chi connectivity index (χ2v) is 9.48. The molecule has 1 fully saturated rings. The molecule has 0 spiro atoms. The normalized spacial score (nSPS) is 15.2.